The van der Waals surface area contributed by atoms with Gasteiger partial charge in [-0.3, -0.25) is 14.2 Å². The fraction of sp³-hybridized carbons (Fsp3) is 0.308. The maximum atomic E-state index is 12.4. The predicted molar refractivity (Wildman–Crippen MR) is 69.0 cm³/mol. The molecule has 2 aromatic rings. The molecule has 0 saturated heterocycles. The zero-order valence-electron chi connectivity index (χ0n) is 10.3. The molecule has 1 amide bonds. The Morgan fingerprint density at radius 3 is 3.00 bits per heavy atom. The van der Waals surface area contributed by atoms with Crippen molar-refractivity contribution in [2.24, 2.45) is 5.73 Å². The summed E-state index contributed by atoms with van der Waals surface area (Å²) in [6, 6.07) is 4.71. The largest absolute Gasteiger partial charge is 0.379 e. The molecule has 0 atom stereocenters. The number of rotatable bonds is 1. The Balaban J connectivity index is 2.28. The van der Waals surface area contributed by atoms with Gasteiger partial charge in [-0.15, -0.1) is 0 Å². The van der Waals surface area contributed by atoms with Crippen molar-refractivity contribution in [2.45, 2.75) is 13.0 Å². The molecule has 3 rings (SSSR count). The number of benzene rings is 1. The minimum absolute atomic E-state index is 0.0958. The highest BCUT2D eigenvalue weighted by Crippen LogP contribution is 2.13. The second kappa shape index (κ2) is 4.47. The van der Waals surface area contributed by atoms with Crippen molar-refractivity contribution in [3.05, 3.63) is 39.9 Å². The first-order valence-electron chi connectivity index (χ1n) is 6.08. The predicted octanol–water partition coefficient (Wildman–Crippen LogP) is 0.0681. The fourth-order valence-corrected chi connectivity index (χ4v) is 2.26. The van der Waals surface area contributed by atoms with Gasteiger partial charge in [0.1, 0.15) is 5.82 Å². The molecule has 19 heavy (non-hydrogen) atoms. The highest BCUT2D eigenvalue weighted by molar-refractivity contribution is 5.96. The van der Waals surface area contributed by atoms with E-state index in [2.05, 4.69) is 4.98 Å². The first kappa shape index (κ1) is 11.9. The van der Waals surface area contributed by atoms with Crippen molar-refractivity contribution < 1.29 is 9.53 Å². The molecule has 0 spiro atoms. The molecular weight excluding hydrogens is 246 g/mol. The van der Waals surface area contributed by atoms with Crippen LogP contribution >= 0.6 is 0 Å². The molecule has 2 N–H and O–H groups in total. The number of aromatic nitrogens is 2. The minimum atomic E-state index is -0.526. The lowest BCUT2D eigenvalue weighted by Gasteiger charge is -2.09. The monoisotopic (exact) mass is 259 g/mol. The number of nitrogens with zero attached hydrogens (tertiary/aromatic N) is 2. The van der Waals surface area contributed by atoms with Gasteiger partial charge in [-0.05, 0) is 18.2 Å². The first-order chi connectivity index (χ1) is 9.16. The van der Waals surface area contributed by atoms with Crippen LogP contribution < -0.4 is 11.3 Å². The summed E-state index contributed by atoms with van der Waals surface area (Å²) in [5.41, 5.74) is 6.00. The summed E-state index contributed by atoms with van der Waals surface area (Å²) in [5.74, 6) is 0.165. The van der Waals surface area contributed by atoms with E-state index >= 15 is 0 Å². The van der Waals surface area contributed by atoms with Crippen molar-refractivity contribution >= 4 is 16.8 Å². The van der Waals surface area contributed by atoms with Crippen LogP contribution in [0.4, 0.5) is 0 Å². The standard InChI is InChI=1S/C13H13N3O3/c14-12(17)8-1-2-9-10(7-8)15-11-3-5-19-6-4-16(11)13(9)18/h1-2,7H,3-6H2,(H2,14,17). The van der Waals surface area contributed by atoms with Gasteiger partial charge in [0.15, 0.2) is 0 Å². The Morgan fingerprint density at radius 2 is 2.21 bits per heavy atom. The van der Waals surface area contributed by atoms with E-state index in [0.29, 0.717) is 48.5 Å². The molecule has 98 valence electrons. The zero-order valence-corrected chi connectivity index (χ0v) is 10.3. The number of hydrogen-bond acceptors (Lipinski definition) is 4. The topological polar surface area (TPSA) is 87.2 Å². The van der Waals surface area contributed by atoms with E-state index < -0.39 is 5.91 Å². The second-order valence-electron chi connectivity index (χ2n) is 4.44. The Hall–Kier alpha value is -2.21. The molecule has 1 aromatic heterocycles. The number of hydrogen-bond donors (Lipinski definition) is 1. The lowest BCUT2D eigenvalue weighted by atomic mass is 10.1. The van der Waals surface area contributed by atoms with Gasteiger partial charge in [0.25, 0.3) is 5.56 Å². The Bertz CT molecular complexity index is 721. The quantitative estimate of drug-likeness (QED) is 0.785. The summed E-state index contributed by atoms with van der Waals surface area (Å²) in [5, 5.41) is 0.496. The van der Waals surface area contributed by atoms with Gasteiger partial charge in [-0.1, -0.05) is 0 Å². The summed E-state index contributed by atoms with van der Waals surface area (Å²) >= 11 is 0. The Labute approximate surface area is 108 Å². The van der Waals surface area contributed by atoms with E-state index in [1.165, 1.54) is 0 Å². The number of ether oxygens (including phenoxy) is 1. The molecule has 0 fully saturated rings. The maximum Gasteiger partial charge on any atom is 0.261 e. The van der Waals surface area contributed by atoms with E-state index in [4.69, 9.17) is 10.5 Å². The smallest absolute Gasteiger partial charge is 0.261 e. The maximum absolute atomic E-state index is 12.4. The molecular formula is C13H13N3O3. The van der Waals surface area contributed by atoms with Crippen LogP contribution in [0.2, 0.25) is 0 Å². The lowest BCUT2D eigenvalue weighted by Crippen LogP contribution is -2.25. The van der Waals surface area contributed by atoms with Crippen LogP contribution in [0.5, 0.6) is 0 Å². The molecule has 1 aliphatic heterocycles. The summed E-state index contributed by atoms with van der Waals surface area (Å²) < 4.78 is 6.98. The van der Waals surface area contributed by atoms with E-state index in [9.17, 15) is 9.59 Å². The van der Waals surface area contributed by atoms with Crippen LogP contribution in [0, 0.1) is 0 Å². The Morgan fingerprint density at radius 1 is 1.37 bits per heavy atom. The van der Waals surface area contributed by atoms with Crippen LogP contribution in [0.3, 0.4) is 0 Å². The number of fused-ring (bicyclic) bond motifs is 2. The van der Waals surface area contributed by atoms with E-state index in [-0.39, 0.29) is 5.56 Å². The van der Waals surface area contributed by atoms with Gasteiger partial charge in [-0.25, -0.2) is 4.98 Å². The third kappa shape index (κ3) is 2.00. The third-order valence-electron chi connectivity index (χ3n) is 3.25. The molecule has 2 heterocycles. The van der Waals surface area contributed by atoms with E-state index in [1.807, 2.05) is 0 Å². The Kier molecular flexibility index (Phi) is 2.79. The second-order valence-corrected chi connectivity index (χ2v) is 4.44. The summed E-state index contributed by atoms with van der Waals surface area (Å²) in [6.07, 6.45) is 0.589. The molecule has 6 nitrogen and oxygen atoms in total. The van der Waals surface area contributed by atoms with Crippen molar-refractivity contribution in [2.75, 3.05) is 13.2 Å². The SMILES string of the molecule is NC(=O)c1ccc2c(=O)n3c(nc2c1)CCOCC3. The average Bonchev–Trinajstić information content (AvgIpc) is 2.63. The zero-order chi connectivity index (χ0) is 13.4. The summed E-state index contributed by atoms with van der Waals surface area (Å²) in [4.78, 5) is 28.0. The van der Waals surface area contributed by atoms with Crippen LogP contribution in [0.15, 0.2) is 23.0 Å². The lowest BCUT2D eigenvalue weighted by molar-refractivity contribution is 0.100. The van der Waals surface area contributed by atoms with Gasteiger partial charge in [0.05, 0.1) is 30.7 Å². The molecule has 0 radical (unpaired) electrons. The summed E-state index contributed by atoms with van der Waals surface area (Å²) in [7, 11) is 0. The van der Waals surface area contributed by atoms with Crippen molar-refractivity contribution in [3.8, 4) is 0 Å². The van der Waals surface area contributed by atoms with Crippen LogP contribution in [0.1, 0.15) is 16.2 Å². The van der Waals surface area contributed by atoms with Gasteiger partial charge in [0.2, 0.25) is 5.91 Å². The van der Waals surface area contributed by atoms with Crippen LogP contribution in [-0.2, 0) is 17.7 Å². The minimum Gasteiger partial charge on any atom is -0.379 e. The number of carbonyl (C=O) groups is 1. The molecule has 0 unspecified atom stereocenters. The molecule has 6 heteroatoms. The molecule has 0 bridgehead atoms. The number of primary amides is 1. The van der Waals surface area contributed by atoms with Crippen molar-refractivity contribution in [3.63, 3.8) is 0 Å². The third-order valence-corrected chi connectivity index (χ3v) is 3.25. The first-order valence-corrected chi connectivity index (χ1v) is 6.08. The van der Waals surface area contributed by atoms with Crippen LogP contribution in [0.25, 0.3) is 10.9 Å². The van der Waals surface area contributed by atoms with Gasteiger partial charge < -0.3 is 10.5 Å². The molecule has 0 aliphatic carbocycles. The number of amides is 1. The van der Waals surface area contributed by atoms with Gasteiger partial charge in [0, 0.05) is 12.0 Å². The van der Waals surface area contributed by atoms with Gasteiger partial charge in [-0.2, -0.15) is 0 Å². The average molecular weight is 259 g/mol. The fourth-order valence-electron chi connectivity index (χ4n) is 2.26. The normalized spacial score (nSPS) is 14.9. The number of nitrogens with two attached hydrogens (primary N) is 1. The molecule has 1 aliphatic rings. The summed E-state index contributed by atoms with van der Waals surface area (Å²) in [6.45, 7) is 1.57. The van der Waals surface area contributed by atoms with E-state index in [0.717, 1.165) is 0 Å². The highest BCUT2D eigenvalue weighted by atomic mass is 16.5. The highest BCUT2D eigenvalue weighted by Gasteiger charge is 2.14. The molecule has 1 aromatic carbocycles. The number of carbonyl (C=O) groups excluding carboxylic acids is 1. The van der Waals surface area contributed by atoms with Crippen LogP contribution in [-0.4, -0.2) is 28.7 Å². The van der Waals surface area contributed by atoms with Gasteiger partial charge >= 0.3 is 0 Å². The molecule has 0 saturated carbocycles. The van der Waals surface area contributed by atoms with E-state index in [1.54, 1.807) is 22.8 Å². The van der Waals surface area contributed by atoms with Crippen molar-refractivity contribution in [1.82, 2.24) is 9.55 Å². The van der Waals surface area contributed by atoms with Crippen molar-refractivity contribution in [1.29, 1.82) is 0 Å².